The lowest BCUT2D eigenvalue weighted by Gasteiger charge is -2.04. The molecule has 0 fully saturated rings. The van der Waals surface area contributed by atoms with E-state index in [-0.39, 0.29) is 17.5 Å². The number of aromatic nitrogens is 3. The largest absolute Gasteiger partial charge is 0.465 e. The minimum Gasteiger partial charge on any atom is -0.465 e. The van der Waals surface area contributed by atoms with Gasteiger partial charge in [0, 0.05) is 11.6 Å². The van der Waals surface area contributed by atoms with E-state index in [4.69, 9.17) is 4.74 Å². The van der Waals surface area contributed by atoms with E-state index in [0.717, 1.165) is 29.2 Å². The van der Waals surface area contributed by atoms with E-state index in [9.17, 15) is 9.59 Å². The Kier molecular flexibility index (Phi) is 4.95. The van der Waals surface area contributed by atoms with E-state index < -0.39 is 5.97 Å². The average Bonchev–Trinajstić information content (AvgIpc) is 3.14. The number of methoxy groups -OCH3 is 1. The van der Waals surface area contributed by atoms with Crippen molar-refractivity contribution in [2.24, 2.45) is 0 Å². The zero-order valence-corrected chi connectivity index (χ0v) is 16.2. The summed E-state index contributed by atoms with van der Waals surface area (Å²) in [4.78, 5) is 36.5. The normalized spacial score (nSPS) is 11.0. The first-order valence-electron chi connectivity index (χ1n) is 9.36. The standard InChI is InChI=1S/C22H20N4O3/c1-3-6-13-9-16(21(28)29-2)19-17(10-13)24-22(25-19)26-20(27)18-11-14-7-4-5-8-15(14)12-23-18/h4-5,7-12H,3,6H2,1-2H3,(H2,24,25,26,27). The lowest BCUT2D eigenvalue weighted by molar-refractivity contribution is 0.0602. The minimum atomic E-state index is -0.464. The second-order valence-electron chi connectivity index (χ2n) is 6.74. The SMILES string of the molecule is CCCc1cc(C(=O)OC)c2nc(NC(=O)c3cc4ccccc4cn3)[nH]c2c1. The van der Waals surface area contributed by atoms with Crippen LogP contribution in [0.15, 0.2) is 48.7 Å². The van der Waals surface area contributed by atoms with Gasteiger partial charge in [0.05, 0.1) is 18.2 Å². The zero-order valence-electron chi connectivity index (χ0n) is 16.2. The maximum absolute atomic E-state index is 12.7. The summed E-state index contributed by atoms with van der Waals surface area (Å²) in [5.74, 6) is -0.601. The van der Waals surface area contributed by atoms with Crippen molar-refractivity contribution in [3.05, 3.63) is 65.5 Å². The number of amides is 1. The van der Waals surface area contributed by atoms with Gasteiger partial charge < -0.3 is 9.72 Å². The van der Waals surface area contributed by atoms with Crippen LogP contribution in [-0.4, -0.2) is 33.9 Å². The molecule has 146 valence electrons. The summed E-state index contributed by atoms with van der Waals surface area (Å²) in [5, 5.41) is 4.61. The van der Waals surface area contributed by atoms with Crippen LogP contribution < -0.4 is 5.32 Å². The molecule has 7 heteroatoms. The summed E-state index contributed by atoms with van der Waals surface area (Å²) < 4.78 is 4.89. The predicted molar refractivity (Wildman–Crippen MR) is 111 cm³/mol. The Morgan fingerprint density at radius 3 is 2.69 bits per heavy atom. The van der Waals surface area contributed by atoms with Crippen LogP contribution in [0.25, 0.3) is 21.8 Å². The Hall–Kier alpha value is -3.74. The van der Waals surface area contributed by atoms with Crippen molar-refractivity contribution in [2.45, 2.75) is 19.8 Å². The van der Waals surface area contributed by atoms with Gasteiger partial charge in [-0.1, -0.05) is 37.6 Å². The molecule has 4 aromatic rings. The van der Waals surface area contributed by atoms with E-state index in [2.05, 4.69) is 27.2 Å². The number of fused-ring (bicyclic) bond motifs is 2. The number of carbonyl (C=O) groups is 2. The first kappa shape index (κ1) is 18.6. The number of aromatic amines is 1. The van der Waals surface area contributed by atoms with Gasteiger partial charge in [-0.2, -0.15) is 0 Å². The number of imidazole rings is 1. The third kappa shape index (κ3) is 3.67. The highest BCUT2D eigenvalue weighted by Gasteiger charge is 2.18. The van der Waals surface area contributed by atoms with Crippen LogP contribution >= 0.6 is 0 Å². The number of esters is 1. The Balaban J connectivity index is 1.68. The summed E-state index contributed by atoms with van der Waals surface area (Å²) >= 11 is 0. The van der Waals surface area contributed by atoms with E-state index in [1.165, 1.54) is 7.11 Å². The Morgan fingerprint density at radius 1 is 1.14 bits per heavy atom. The number of rotatable bonds is 5. The first-order chi connectivity index (χ1) is 14.1. The molecule has 0 radical (unpaired) electrons. The number of hydrogen-bond acceptors (Lipinski definition) is 5. The second-order valence-corrected chi connectivity index (χ2v) is 6.74. The van der Waals surface area contributed by atoms with Crippen molar-refractivity contribution in [3.8, 4) is 0 Å². The predicted octanol–water partition coefficient (Wildman–Crippen LogP) is 4.10. The van der Waals surface area contributed by atoms with Gasteiger partial charge in [-0.05, 0) is 35.6 Å². The smallest absolute Gasteiger partial charge is 0.340 e. The molecule has 2 aromatic carbocycles. The summed E-state index contributed by atoms with van der Waals surface area (Å²) in [7, 11) is 1.33. The first-order valence-corrected chi connectivity index (χ1v) is 9.36. The van der Waals surface area contributed by atoms with Crippen LogP contribution in [0.4, 0.5) is 5.95 Å². The van der Waals surface area contributed by atoms with Crippen molar-refractivity contribution in [1.29, 1.82) is 0 Å². The maximum atomic E-state index is 12.7. The van der Waals surface area contributed by atoms with Crippen molar-refractivity contribution in [2.75, 3.05) is 12.4 Å². The molecule has 1 amide bonds. The molecule has 0 aliphatic heterocycles. The van der Waals surface area contributed by atoms with E-state index in [1.807, 2.05) is 30.3 Å². The average molecular weight is 388 g/mol. The van der Waals surface area contributed by atoms with Crippen molar-refractivity contribution >= 4 is 39.6 Å². The molecule has 0 aliphatic rings. The van der Waals surface area contributed by atoms with Crippen LogP contribution in [0.2, 0.25) is 0 Å². The summed E-state index contributed by atoms with van der Waals surface area (Å²) in [6.45, 7) is 2.07. The number of pyridine rings is 1. The molecule has 4 rings (SSSR count). The number of carbonyl (C=O) groups excluding carboxylic acids is 2. The topological polar surface area (TPSA) is 97.0 Å². The summed E-state index contributed by atoms with van der Waals surface area (Å²) in [6.07, 6.45) is 3.43. The second kappa shape index (κ2) is 7.71. The Labute approximate surface area is 167 Å². The van der Waals surface area contributed by atoms with Gasteiger partial charge in [0.2, 0.25) is 5.95 Å². The molecular weight excluding hydrogens is 368 g/mol. The van der Waals surface area contributed by atoms with Gasteiger partial charge in [-0.3, -0.25) is 15.1 Å². The van der Waals surface area contributed by atoms with Crippen LogP contribution in [0.5, 0.6) is 0 Å². The monoisotopic (exact) mass is 388 g/mol. The molecule has 0 atom stereocenters. The van der Waals surface area contributed by atoms with Crippen LogP contribution in [0.3, 0.4) is 0 Å². The van der Waals surface area contributed by atoms with Gasteiger partial charge in [0.25, 0.3) is 5.91 Å². The van der Waals surface area contributed by atoms with Gasteiger partial charge in [-0.15, -0.1) is 0 Å². The number of aryl methyl sites for hydroxylation is 1. The molecule has 0 aliphatic carbocycles. The molecule has 0 bridgehead atoms. The number of ether oxygens (including phenoxy) is 1. The van der Waals surface area contributed by atoms with E-state index >= 15 is 0 Å². The number of benzene rings is 2. The molecule has 0 spiro atoms. The zero-order chi connectivity index (χ0) is 20.4. The number of nitrogens with one attached hydrogen (secondary N) is 2. The number of nitrogens with zero attached hydrogens (tertiary/aromatic N) is 2. The molecule has 2 aromatic heterocycles. The molecule has 7 nitrogen and oxygen atoms in total. The van der Waals surface area contributed by atoms with Gasteiger partial charge in [0.1, 0.15) is 11.2 Å². The van der Waals surface area contributed by atoms with Crippen LogP contribution in [0, 0.1) is 0 Å². The fourth-order valence-electron chi connectivity index (χ4n) is 3.31. The third-order valence-electron chi connectivity index (χ3n) is 4.69. The molecule has 0 saturated carbocycles. The number of hydrogen-bond donors (Lipinski definition) is 2. The lowest BCUT2D eigenvalue weighted by Crippen LogP contribution is -2.14. The summed E-state index contributed by atoms with van der Waals surface area (Å²) in [5.41, 5.74) is 2.77. The lowest BCUT2D eigenvalue weighted by atomic mass is 10.1. The molecule has 29 heavy (non-hydrogen) atoms. The molecule has 2 heterocycles. The highest BCUT2D eigenvalue weighted by Crippen LogP contribution is 2.23. The minimum absolute atomic E-state index is 0.249. The van der Waals surface area contributed by atoms with Crippen molar-refractivity contribution < 1.29 is 14.3 Å². The highest BCUT2D eigenvalue weighted by atomic mass is 16.5. The molecule has 0 saturated heterocycles. The van der Waals surface area contributed by atoms with Crippen LogP contribution in [0.1, 0.15) is 39.8 Å². The Morgan fingerprint density at radius 2 is 1.93 bits per heavy atom. The molecular formula is C22H20N4O3. The van der Waals surface area contributed by atoms with Crippen molar-refractivity contribution in [1.82, 2.24) is 15.0 Å². The van der Waals surface area contributed by atoms with Gasteiger partial charge in [0.15, 0.2) is 0 Å². The summed E-state index contributed by atoms with van der Waals surface area (Å²) in [6, 6.07) is 13.1. The van der Waals surface area contributed by atoms with Crippen molar-refractivity contribution in [3.63, 3.8) is 0 Å². The molecule has 2 N–H and O–H groups in total. The highest BCUT2D eigenvalue weighted by molar-refractivity contribution is 6.06. The van der Waals surface area contributed by atoms with Gasteiger partial charge >= 0.3 is 5.97 Å². The fourth-order valence-corrected chi connectivity index (χ4v) is 3.31. The quantitative estimate of drug-likeness (QED) is 0.502. The van der Waals surface area contributed by atoms with Crippen LogP contribution in [-0.2, 0) is 11.2 Å². The molecule has 0 unspecified atom stereocenters. The van der Waals surface area contributed by atoms with E-state index in [0.29, 0.717) is 16.6 Å². The van der Waals surface area contributed by atoms with E-state index in [1.54, 1.807) is 18.3 Å². The number of anilines is 1. The fraction of sp³-hybridized carbons (Fsp3) is 0.182. The Bertz CT molecular complexity index is 1230. The maximum Gasteiger partial charge on any atom is 0.340 e. The third-order valence-corrected chi connectivity index (χ3v) is 4.69. The number of H-pyrrole nitrogens is 1. The van der Waals surface area contributed by atoms with Gasteiger partial charge in [-0.25, -0.2) is 9.78 Å².